The Hall–Kier alpha value is 0.290. The van der Waals surface area contributed by atoms with E-state index >= 15 is 0 Å². The fourth-order valence-corrected chi connectivity index (χ4v) is 0.827. The summed E-state index contributed by atoms with van der Waals surface area (Å²) in [5.74, 6) is 1.50. The second-order valence-corrected chi connectivity index (χ2v) is 3.68. The first kappa shape index (κ1) is 14.8. The van der Waals surface area contributed by atoms with Crippen LogP contribution in [-0.4, -0.2) is 5.88 Å². The predicted molar refractivity (Wildman–Crippen MR) is 60.0 cm³/mol. The van der Waals surface area contributed by atoms with Crippen LogP contribution in [0.3, 0.4) is 0 Å². The lowest BCUT2D eigenvalue weighted by molar-refractivity contribution is 0.633. The number of alkyl halides is 1. The summed E-state index contributed by atoms with van der Waals surface area (Å²) in [7, 11) is 0. The van der Waals surface area contributed by atoms with Gasteiger partial charge in [0.15, 0.2) is 0 Å². The lowest BCUT2D eigenvalue weighted by Crippen LogP contribution is -1.90. The van der Waals surface area contributed by atoms with E-state index in [2.05, 4.69) is 27.7 Å². The van der Waals surface area contributed by atoms with Crippen molar-refractivity contribution in [2.75, 3.05) is 5.88 Å². The third-order valence-corrected chi connectivity index (χ3v) is 2.44. The third-order valence-electron chi connectivity index (χ3n) is 1.92. The largest absolute Gasteiger partial charge is 0.126 e. The Balaban J connectivity index is 0. The lowest BCUT2D eigenvalue weighted by Gasteiger charge is -1.97. The smallest absolute Gasteiger partial charge is 0.0249 e. The molecule has 0 aromatic carbocycles. The zero-order valence-corrected chi connectivity index (χ0v) is 9.95. The van der Waals surface area contributed by atoms with Crippen molar-refractivity contribution in [2.45, 2.75) is 59.8 Å². The van der Waals surface area contributed by atoms with E-state index in [1.165, 1.54) is 32.1 Å². The molecule has 0 bridgehead atoms. The van der Waals surface area contributed by atoms with Gasteiger partial charge in [0.05, 0.1) is 0 Å². The van der Waals surface area contributed by atoms with Crippen LogP contribution in [0.4, 0.5) is 0 Å². The van der Waals surface area contributed by atoms with Crippen molar-refractivity contribution in [3.05, 3.63) is 0 Å². The molecule has 0 spiro atoms. The first-order valence-electron chi connectivity index (χ1n) is 5.28. The fraction of sp³-hybridized carbons (Fsp3) is 1.00. The quantitative estimate of drug-likeness (QED) is 0.431. The van der Waals surface area contributed by atoms with Crippen LogP contribution in [0, 0.1) is 5.92 Å². The molecule has 0 rings (SSSR count). The van der Waals surface area contributed by atoms with Gasteiger partial charge in [-0.1, -0.05) is 59.8 Å². The number of rotatable bonds is 5. The maximum atomic E-state index is 5.45. The third kappa shape index (κ3) is 16.7. The normalized spacial score (nSPS) is 11.8. The number of halogens is 1. The van der Waals surface area contributed by atoms with Crippen molar-refractivity contribution in [1.29, 1.82) is 0 Å². The van der Waals surface area contributed by atoms with Crippen LogP contribution in [0.2, 0.25) is 0 Å². The molecule has 0 aliphatic heterocycles. The summed E-state index contributed by atoms with van der Waals surface area (Å²) in [6.07, 6.45) is 6.73. The highest BCUT2D eigenvalue weighted by atomic mass is 35.5. The van der Waals surface area contributed by atoms with E-state index in [4.69, 9.17) is 11.6 Å². The van der Waals surface area contributed by atoms with Gasteiger partial charge >= 0.3 is 0 Å². The van der Waals surface area contributed by atoms with Crippen molar-refractivity contribution in [2.24, 2.45) is 5.92 Å². The number of unbranched alkanes of at least 4 members (excludes halogenated alkanes) is 3. The molecule has 1 atom stereocenters. The van der Waals surface area contributed by atoms with Crippen molar-refractivity contribution in [3.8, 4) is 0 Å². The Morgan fingerprint density at radius 2 is 1.42 bits per heavy atom. The summed E-state index contributed by atoms with van der Waals surface area (Å²) in [6.45, 7) is 8.76. The van der Waals surface area contributed by atoms with Crippen molar-refractivity contribution in [3.63, 3.8) is 0 Å². The van der Waals surface area contributed by atoms with Crippen LogP contribution in [0.5, 0.6) is 0 Å². The van der Waals surface area contributed by atoms with Crippen LogP contribution < -0.4 is 0 Å². The molecule has 0 aliphatic rings. The van der Waals surface area contributed by atoms with Crippen molar-refractivity contribution >= 4 is 11.6 Å². The second-order valence-electron chi connectivity index (χ2n) is 3.37. The summed E-state index contributed by atoms with van der Waals surface area (Å²) < 4.78 is 0. The van der Waals surface area contributed by atoms with Gasteiger partial charge < -0.3 is 0 Å². The highest BCUT2D eigenvalue weighted by Gasteiger charge is 1.90. The molecule has 0 amide bonds. The average molecular weight is 193 g/mol. The number of hydrogen-bond donors (Lipinski definition) is 0. The Morgan fingerprint density at radius 1 is 1.00 bits per heavy atom. The summed E-state index contributed by atoms with van der Waals surface area (Å²) >= 11 is 5.45. The predicted octanol–water partition coefficient (Wildman–Crippen LogP) is 4.86. The van der Waals surface area contributed by atoms with E-state index in [1.54, 1.807) is 0 Å². The van der Waals surface area contributed by atoms with Crippen LogP contribution >= 0.6 is 11.6 Å². The van der Waals surface area contributed by atoms with Crippen LogP contribution in [-0.2, 0) is 0 Å². The highest BCUT2D eigenvalue weighted by molar-refractivity contribution is 6.18. The molecule has 1 unspecified atom stereocenters. The van der Waals surface area contributed by atoms with Gasteiger partial charge in [-0.3, -0.25) is 0 Å². The summed E-state index contributed by atoms with van der Waals surface area (Å²) in [5.41, 5.74) is 0. The fourth-order valence-electron chi connectivity index (χ4n) is 0.609. The van der Waals surface area contributed by atoms with Gasteiger partial charge in [-0.25, -0.2) is 0 Å². The lowest BCUT2D eigenvalue weighted by atomic mass is 10.2. The van der Waals surface area contributed by atoms with E-state index in [-0.39, 0.29) is 0 Å². The van der Waals surface area contributed by atoms with E-state index in [0.29, 0.717) is 5.92 Å². The van der Waals surface area contributed by atoms with Gasteiger partial charge in [0, 0.05) is 5.88 Å². The van der Waals surface area contributed by atoms with Gasteiger partial charge in [0.2, 0.25) is 0 Å². The van der Waals surface area contributed by atoms with Gasteiger partial charge in [-0.15, -0.1) is 11.6 Å². The monoisotopic (exact) mass is 192 g/mol. The zero-order valence-electron chi connectivity index (χ0n) is 9.20. The second kappa shape index (κ2) is 13.9. The van der Waals surface area contributed by atoms with Crippen molar-refractivity contribution < 1.29 is 0 Å². The minimum Gasteiger partial charge on any atom is -0.126 e. The molecule has 0 heterocycles. The molecule has 0 saturated carbocycles. The molecule has 76 valence electrons. The molecule has 0 saturated heterocycles. The first-order valence-corrected chi connectivity index (χ1v) is 5.82. The van der Waals surface area contributed by atoms with E-state index in [1.807, 2.05) is 0 Å². The van der Waals surface area contributed by atoms with Crippen LogP contribution in [0.1, 0.15) is 59.8 Å². The molecule has 0 aromatic rings. The molecule has 0 aromatic heterocycles. The van der Waals surface area contributed by atoms with Gasteiger partial charge in [-0.2, -0.15) is 0 Å². The highest BCUT2D eigenvalue weighted by Crippen LogP contribution is 2.00. The molecule has 0 radical (unpaired) electrons. The van der Waals surface area contributed by atoms with Gasteiger partial charge in [0.25, 0.3) is 0 Å². The Morgan fingerprint density at radius 3 is 1.50 bits per heavy atom. The van der Waals surface area contributed by atoms with Gasteiger partial charge in [0.1, 0.15) is 0 Å². The molecule has 0 N–H and O–H groups in total. The summed E-state index contributed by atoms with van der Waals surface area (Å²) in [6, 6.07) is 0. The standard InChI is InChI=1S/C6H14.C5H11Cl/c1-3-5-6-4-2;1-3-5(2)4-6/h3-6H2,1-2H3;5H,3-4H2,1-2H3. The summed E-state index contributed by atoms with van der Waals surface area (Å²) in [4.78, 5) is 0. The Bertz CT molecular complexity index is 54.0. The zero-order chi connectivity index (χ0) is 9.82. The van der Waals surface area contributed by atoms with Crippen LogP contribution in [0.25, 0.3) is 0 Å². The minimum absolute atomic E-state index is 0.701. The SMILES string of the molecule is CCC(C)CCl.CCCCCC. The Labute approximate surface area is 83.7 Å². The maximum absolute atomic E-state index is 5.45. The summed E-state index contributed by atoms with van der Waals surface area (Å²) in [5, 5.41) is 0. The van der Waals surface area contributed by atoms with E-state index in [0.717, 1.165) is 5.88 Å². The molecule has 12 heavy (non-hydrogen) atoms. The molecule has 1 heteroatoms. The van der Waals surface area contributed by atoms with Crippen LogP contribution in [0.15, 0.2) is 0 Å². The molecular weight excluding hydrogens is 168 g/mol. The van der Waals surface area contributed by atoms with E-state index < -0.39 is 0 Å². The van der Waals surface area contributed by atoms with Crippen molar-refractivity contribution in [1.82, 2.24) is 0 Å². The Kier molecular flexibility index (Phi) is 17.1. The molecule has 0 nitrogen and oxygen atoms in total. The first-order chi connectivity index (χ1) is 5.72. The van der Waals surface area contributed by atoms with Gasteiger partial charge in [-0.05, 0) is 5.92 Å². The van der Waals surface area contributed by atoms with E-state index in [9.17, 15) is 0 Å². The molecule has 0 fully saturated rings. The molecular formula is C11H25Cl. The average Bonchev–Trinajstić information content (AvgIpc) is 2.14. The number of hydrogen-bond acceptors (Lipinski definition) is 0. The maximum Gasteiger partial charge on any atom is 0.0249 e. The molecule has 0 aliphatic carbocycles. The topological polar surface area (TPSA) is 0 Å². The minimum atomic E-state index is 0.701.